The molecule has 0 bridgehead atoms. The van der Waals surface area contributed by atoms with Gasteiger partial charge >= 0.3 is 5.97 Å². The van der Waals surface area contributed by atoms with Crippen molar-refractivity contribution in [3.8, 4) is 0 Å². The SMILES string of the molecule is CCCCCCCCCCOC(CC)C(CCCCCCCCC)C(CCCC=O)(CCCCCCC)C(=O)ONCCO. The molecule has 0 aliphatic rings. The summed E-state index contributed by atoms with van der Waals surface area (Å²) < 4.78 is 6.70. The monoisotopic (exact) mass is 626 g/mol. The van der Waals surface area contributed by atoms with Crippen molar-refractivity contribution in [2.45, 2.75) is 201 Å². The second kappa shape index (κ2) is 32.0. The van der Waals surface area contributed by atoms with Crippen LogP contribution in [0.5, 0.6) is 0 Å². The van der Waals surface area contributed by atoms with E-state index in [2.05, 4.69) is 33.2 Å². The molecule has 0 aliphatic heterocycles. The van der Waals surface area contributed by atoms with Crippen LogP contribution in [0, 0.1) is 11.3 Å². The van der Waals surface area contributed by atoms with Crippen molar-refractivity contribution in [2.24, 2.45) is 11.3 Å². The van der Waals surface area contributed by atoms with Gasteiger partial charge in [-0.05, 0) is 38.5 Å². The Morgan fingerprint density at radius 1 is 0.705 bits per heavy atom. The van der Waals surface area contributed by atoms with E-state index in [1.807, 2.05) is 0 Å². The van der Waals surface area contributed by atoms with Crippen LogP contribution in [0.4, 0.5) is 0 Å². The van der Waals surface area contributed by atoms with Gasteiger partial charge in [-0.1, -0.05) is 150 Å². The summed E-state index contributed by atoms with van der Waals surface area (Å²) in [6, 6.07) is 0. The first-order valence-corrected chi connectivity index (χ1v) is 19.2. The van der Waals surface area contributed by atoms with Gasteiger partial charge in [-0.3, -0.25) is 0 Å². The van der Waals surface area contributed by atoms with E-state index >= 15 is 0 Å². The van der Waals surface area contributed by atoms with E-state index in [1.54, 1.807) is 0 Å². The third-order valence-corrected chi connectivity index (χ3v) is 9.47. The van der Waals surface area contributed by atoms with E-state index in [0.717, 1.165) is 57.8 Å². The van der Waals surface area contributed by atoms with Crippen LogP contribution in [0.25, 0.3) is 0 Å². The molecule has 0 aliphatic carbocycles. The van der Waals surface area contributed by atoms with Crippen LogP contribution in [0.2, 0.25) is 0 Å². The summed E-state index contributed by atoms with van der Waals surface area (Å²) in [6.07, 6.45) is 29.7. The molecule has 0 amide bonds. The molecule has 0 saturated carbocycles. The van der Waals surface area contributed by atoms with Gasteiger partial charge in [0.1, 0.15) is 6.29 Å². The Hall–Kier alpha value is -0.980. The smallest absolute Gasteiger partial charge is 0.331 e. The van der Waals surface area contributed by atoms with Crippen molar-refractivity contribution in [3.63, 3.8) is 0 Å². The van der Waals surface area contributed by atoms with E-state index in [-0.39, 0.29) is 31.1 Å². The van der Waals surface area contributed by atoms with Crippen molar-refractivity contribution in [1.29, 1.82) is 0 Å². The lowest BCUT2D eigenvalue weighted by atomic mass is 9.64. The molecular weight excluding hydrogens is 550 g/mol. The molecule has 0 heterocycles. The Labute approximate surface area is 273 Å². The summed E-state index contributed by atoms with van der Waals surface area (Å²) in [7, 11) is 0. The first-order valence-electron chi connectivity index (χ1n) is 19.2. The highest BCUT2D eigenvalue weighted by Gasteiger charge is 2.49. The van der Waals surface area contributed by atoms with Gasteiger partial charge in [0.05, 0.1) is 24.7 Å². The number of aliphatic hydroxyl groups excluding tert-OH is 1. The molecule has 0 radical (unpaired) electrons. The van der Waals surface area contributed by atoms with Gasteiger partial charge < -0.3 is 19.5 Å². The highest BCUT2D eigenvalue weighted by atomic mass is 16.7. The normalized spacial score (nSPS) is 14.3. The van der Waals surface area contributed by atoms with E-state index in [9.17, 15) is 14.7 Å². The fraction of sp³-hybridized carbons (Fsp3) is 0.947. The molecule has 0 fully saturated rings. The molecule has 6 heteroatoms. The van der Waals surface area contributed by atoms with Crippen LogP contribution >= 0.6 is 0 Å². The van der Waals surface area contributed by atoms with Gasteiger partial charge in [-0.25, -0.2) is 4.79 Å². The van der Waals surface area contributed by atoms with Gasteiger partial charge in [0.25, 0.3) is 0 Å². The molecule has 0 aromatic rings. The van der Waals surface area contributed by atoms with Crippen LogP contribution in [-0.2, 0) is 19.2 Å². The predicted molar refractivity (Wildman–Crippen MR) is 186 cm³/mol. The minimum absolute atomic E-state index is 0.0167. The number of ether oxygens (including phenoxy) is 1. The number of unbranched alkanes of at least 4 members (excludes halogenated alkanes) is 18. The summed E-state index contributed by atoms with van der Waals surface area (Å²) in [5, 5.41) is 9.34. The number of rotatable bonds is 35. The van der Waals surface area contributed by atoms with Crippen LogP contribution in [0.1, 0.15) is 195 Å². The molecule has 3 atom stereocenters. The summed E-state index contributed by atoms with van der Waals surface area (Å²) in [5.74, 6) is -0.187. The molecule has 2 N–H and O–H groups in total. The zero-order valence-electron chi connectivity index (χ0n) is 29.8. The van der Waals surface area contributed by atoms with Gasteiger partial charge in [-0.2, -0.15) is 5.48 Å². The lowest BCUT2D eigenvalue weighted by Crippen LogP contribution is -2.48. The largest absolute Gasteiger partial charge is 0.395 e. The van der Waals surface area contributed by atoms with Crippen molar-refractivity contribution in [1.82, 2.24) is 5.48 Å². The van der Waals surface area contributed by atoms with Gasteiger partial charge in [0.15, 0.2) is 0 Å². The molecule has 0 aromatic carbocycles. The Morgan fingerprint density at radius 2 is 1.20 bits per heavy atom. The number of hydroxylamine groups is 1. The van der Waals surface area contributed by atoms with Crippen LogP contribution in [0.3, 0.4) is 0 Å². The lowest BCUT2D eigenvalue weighted by molar-refractivity contribution is -0.176. The zero-order valence-corrected chi connectivity index (χ0v) is 29.8. The second-order valence-electron chi connectivity index (χ2n) is 13.2. The predicted octanol–water partition coefficient (Wildman–Crippen LogP) is 10.4. The van der Waals surface area contributed by atoms with Gasteiger partial charge in [0.2, 0.25) is 0 Å². The van der Waals surface area contributed by atoms with E-state index in [0.29, 0.717) is 19.3 Å². The highest BCUT2D eigenvalue weighted by molar-refractivity contribution is 5.77. The Balaban J connectivity index is 5.89. The van der Waals surface area contributed by atoms with E-state index in [1.165, 1.54) is 103 Å². The third-order valence-electron chi connectivity index (χ3n) is 9.47. The Bertz CT molecular complexity index is 630. The summed E-state index contributed by atoms with van der Waals surface area (Å²) in [6.45, 7) is 9.79. The molecule has 0 rings (SSSR count). The average Bonchev–Trinajstić information content (AvgIpc) is 3.03. The Morgan fingerprint density at radius 3 is 1.73 bits per heavy atom. The summed E-state index contributed by atoms with van der Waals surface area (Å²) in [5.41, 5.74) is 2.02. The number of aldehydes is 1. The average molecular weight is 626 g/mol. The molecular formula is C38H75NO5. The zero-order chi connectivity index (χ0) is 32.6. The van der Waals surface area contributed by atoms with Crippen molar-refractivity contribution < 1.29 is 24.3 Å². The van der Waals surface area contributed by atoms with E-state index < -0.39 is 5.41 Å². The van der Waals surface area contributed by atoms with E-state index in [4.69, 9.17) is 9.57 Å². The fourth-order valence-electron chi connectivity index (χ4n) is 6.79. The number of nitrogens with one attached hydrogen (secondary N) is 1. The second-order valence-corrected chi connectivity index (χ2v) is 13.2. The first-order chi connectivity index (χ1) is 21.6. The maximum atomic E-state index is 14.1. The van der Waals surface area contributed by atoms with Crippen LogP contribution < -0.4 is 5.48 Å². The number of hydrogen-bond acceptors (Lipinski definition) is 6. The fourth-order valence-corrected chi connectivity index (χ4v) is 6.79. The number of aliphatic hydroxyl groups is 1. The van der Waals surface area contributed by atoms with Crippen molar-refractivity contribution in [2.75, 3.05) is 19.8 Å². The molecule has 6 nitrogen and oxygen atoms in total. The summed E-state index contributed by atoms with van der Waals surface area (Å²) in [4.78, 5) is 31.2. The molecule has 262 valence electrons. The van der Waals surface area contributed by atoms with Crippen molar-refractivity contribution >= 4 is 12.3 Å². The molecule has 3 unspecified atom stereocenters. The van der Waals surface area contributed by atoms with Gasteiger partial charge in [-0.15, -0.1) is 0 Å². The van der Waals surface area contributed by atoms with Crippen LogP contribution in [-0.4, -0.2) is 43.2 Å². The topological polar surface area (TPSA) is 84.9 Å². The highest BCUT2D eigenvalue weighted by Crippen LogP contribution is 2.46. The van der Waals surface area contributed by atoms with Crippen molar-refractivity contribution in [3.05, 3.63) is 0 Å². The number of carbonyl (C=O) groups is 2. The third kappa shape index (κ3) is 20.9. The number of carbonyl (C=O) groups excluding carboxylic acids is 2. The molecule has 0 aromatic heterocycles. The summed E-state index contributed by atoms with van der Waals surface area (Å²) >= 11 is 0. The standard InChI is InChI=1S/C38H75NO5/c1-5-9-12-15-17-19-22-27-34-43-36(8-4)35(28-23-20-18-16-13-10-6-2)38(30-25-26-32-40,29-24-21-14-11-7-3)37(42)44-39-31-33-41/h32,35-36,39,41H,5-31,33-34H2,1-4H3. The van der Waals surface area contributed by atoms with Gasteiger partial charge in [0, 0.05) is 18.9 Å². The maximum absolute atomic E-state index is 14.1. The molecule has 44 heavy (non-hydrogen) atoms. The number of hydrogen-bond donors (Lipinski definition) is 2. The molecule has 0 saturated heterocycles. The van der Waals surface area contributed by atoms with Crippen LogP contribution in [0.15, 0.2) is 0 Å². The quantitative estimate of drug-likeness (QED) is 0.0414. The molecule has 0 spiro atoms. The lowest BCUT2D eigenvalue weighted by Gasteiger charge is -2.43. The maximum Gasteiger partial charge on any atom is 0.331 e. The first kappa shape index (κ1) is 43.0. The minimum atomic E-state index is -0.708. The Kier molecular flexibility index (Phi) is 31.3. The minimum Gasteiger partial charge on any atom is -0.395 e.